The molecule has 0 bridgehead atoms. The molecule has 1 aromatic carbocycles. The Balaban J connectivity index is 2.05. The van der Waals surface area contributed by atoms with Crippen LogP contribution in [0.3, 0.4) is 0 Å². The quantitative estimate of drug-likeness (QED) is 0.794. The number of sulfonamides is 1. The van der Waals surface area contributed by atoms with Crippen molar-refractivity contribution in [3.8, 4) is 0 Å². The van der Waals surface area contributed by atoms with Crippen LogP contribution >= 0.6 is 0 Å². The van der Waals surface area contributed by atoms with Gasteiger partial charge < -0.3 is 5.32 Å². The third kappa shape index (κ3) is 4.38. The van der Waals surface area contributed by atoms with E-state index in [1.54, 1.807) is 17.9 Å². The van der Waals surface area contributed by atoms with Crippen molar-refractivity contribution in [1.82, 2.24) is 19.8 Å². The Bertz CT molecular complexity index is 667. The zero-order valence-corrected chi connectivity index (χ0v) is 13.0. The summed E-state index contributed by atoms with van der Waals surface area (Å²) >= 11 is 0. The van der Waals surface area contributed by atoms with Crippen LogP contribution in [0, 0.1) is 0 Å². The first-order chi connectivity index (χ1) is 10.0. The van der Waals surface area contributed by atoms with Crippen LogP contribution in [0.4, 0.5) is 0 Å². The summed E-state index contributed by atoms with van der Waals surface area (Å²) in [6.07, 6.45) is 2.91. The third-order valence-electron chi connectivity index (χ3n) is 3.18. The van der Waals surface area contributed by atoms with E-state index in [2.05, 4.69) is 15.1 Å². The first kappa shape index (κ1) is 15.7. The number of hydrogen-bond acceptors (Lipinski definition) is 4. The van der Waals surface area contributed by atoms with Gasteiger partial charge in [0.1, 0.15) is 4.90 Å². The molecule has 1 aromatic heterocycles. The van der Waals surface area contributed by atoms with E-state index in [4.69, 9.17) is 0 Å². The van der Waals surface area contributed by atoms with E-state index in [0.29, 0.717) is 13.1 Å². The van der Waals surface area contributed by atoms with Gasteiger partial charge >= 0.3 is 0 Å². The number of benzene rings is 1. The van der Waals surface area contributed by atoms with Crippen LogP contribution in [0.2, 0.25) is 0 Å². The van der Waals surface area contributed by atoms with E-state index in [1.165, 1.54) is 6.20 Å². The molecule has 6 nitrogen and oxygen atoms in total. The highest BCUT2D eigenvalue weighted by Crippen LogP contribution is 2.09. The van der Waals surface area contributed by atoms with Gasteiger partial charge in [-0.1, -0.05) is 30.3 Å². The minimum atomic E-state index is -3.51. The van der Waals surface area contributed by atoms with Crippen molar-refractivity contribution in [1.29, 1.82) is 0 Å². The first-order valence-electron chi connectivity index (χ1n) is 6.74. The van der Waals surface area contributed by atoms with E-state index in [-0.39, 0.29) is 10.9 Å². The lowest BCUT2D eigenvalue weighted by molar-refractivity contribution is 0.554. The van der Waals surface area contributed by atoms with Crippen LogP contribution < -0.4 is 10.0 Å². The van der Waals surface area contributed by atoms with E-state index < -0.39 is 10.0 Å². The maximum Gasteiger partial charge on any atom is 0.243 e. The Morgan fingerprint density at radius 3 is 2.67 bits per heavy atom. The SMILES string of the molecule is CNC(C)CNS(=O)(=O)c1cnn(Cc2ccccc2)c1. The van der Waals surface area contributed by atoms with Crippen LogP contribution in [-0.2, 0) is 16.6 Å². The predicted molar refractivity (Wildman–Crippen MR) is 81.5 cm³/mol. The smallest absolute Gasteiger partial charge is 0.243 e. The molecule has 1 heterocycles. The summed E-state index contributed by atoms with van der Waals surface area (Å²) in [6.45, 7) is 2.79. The monoisotopic (exact) mass is 308 g/mol. The minimum absolute atomic E-state index is 0.0686. The Kier molecular flexibility index (Phi) is 5.11. The van der Waals surface area contributed by atoms with Crippen LogP contribution in [0.1, 0.15) is 12.5 Å². The lowest BCUT2D eigenvalue weighted by Crippen LogP contribution is -2.37. The molecule has 0 saturated carbocycles. The molecular formula is C14H20N4O2S. The normalized spacial score (nSPS) is 13.2. The molecule has 2 N–H and O–H groups in total. The molecular weight excluding hydrogens is 288 g/mol. The molecule has 0 saturated heterocycles. The Labute approximate surface area is 125 Å². The molecule has 0 radical (unpaired) electrons. The van der Waals surface area contributed by atoms with Gasteiger partial charge in [-0.25, -0.2) is 13.1 Å². The third-order valence-corrected chi connectivity index (χ3v) is 4.56. The maximum atomic E-state index is 12.1. The standard InChI is InChI=1S/C14H20N4O2S/c1-12(15-2)8-17-21(19,20)14-9-16-18(11-14)10-13-6-4-3-5-7-13/h3-7,9,11-12,15,17H,8,10H2,1-2H3. The molecule has 0 aliphatic carbocycles. The molecule has 0 aliphatic rings. The van der Waals surface area contributed by atoms with Crippen molar-refractivity contribution in [2.45, 2.75) is 24.4 Å². The largest absolute Gasteiger partial charge is 0.316 e. The van der Waals surface area contributed by atoms with E-state index in [1.807, 2.05) is 37.3 Å². The Morgan fingerprint density at radius 1 is 1.29 bits per heavy atom. The lowest BCUT2D eigenvalue weighted by atomic mass is 10.2. The van der Waals surface area contributed by atoms with Crippen molar-refractivity contribution in [3.63, 3.8) is 0 Å². The average molecular weight is 308 g/mol. The first-order valence-corrected chi connectivity index (χ1v) is 8.23. The van der Waals surface area contributed by atoms with Crippen molar-refractivity contribution in [3.05, 3.63) is 48.3 Å². The maximum absolute atomic E-state index is 12.1. The van der Waals surface area contributed by atoms with E-state index in [9.17, 15) is 8.42 Å². The van der Waals surface area contributed by atoms with Gasteiger partial charge in [-0.3, -0.25) is 4.68 Å². The van der Waals surface area contributed by atoms with Crippen molar-refractivity contribution in [2.24, 2.45) is 0 Å². The fraction of sp³-hybridized carbons (Fsp3) is 0.357. The second-order valence-electron chi connectivity index (χ2n) is 4.90. The lowest BCUT2D eigenvalue weighted by Gasteiger charge is -2.10. The highest BCUT2D eigenvalue weighted by Gasteiger charge is 2.17. The summed E-state index contributed by atoms with van der Waals surface area (Å²) in [5.74, 6) is 0. The molecule has 0 fully saturated rings. The number of nitrogens with zero attached hydrogens (tertiary/aromatic N) is 2. The number of aromatic nitrogens is 2. The topological polar surface area (TPSA) is 76.0 Å². The Morgan fingerprint density at radius 2 is 2.00 bits per heavy atom. The molecule has 1 unspecified atom stereocenters. The Hall–Kier alpha value is -1.70. The number of rotatable bonds is 7. The fourth-order valence-electron chi connectivity index (χ4n) is 1.76. The van der Waals surface area contributed by atoms with E-state index in [0.717, 1.165) is 5.56 Å². The molecule has 21 heavy (non-hydrogen) atoms. The van der Waals surface area contributed by atoms with Crippen molar-refractivity contribution in [2.75, 3.05) is 13.6 Å². The summed E-state index contributed by atoms with van der Waals surface area (Å²) in [7, 11) is -1.72. The minimum Gasteiger partial charge on any atom is -0.316 e. The summed E-state index contributed by atoms with van der Waals surface area (Å²) in [4.78, 5) is 0.182. The van der Waals surface area contributed by atoms with Crippen LogP contribution in [-0.4, -0.2) is 37.8 Å². The second-order valence-corrected chi connectivity index (χ2v) is 6.67. The second kappa shape index (κ2) is 6.84. The van der Waals surface area contributed by atoms with Crippen LogP contribution in [0.5, 0.6) is 0 Å². The van der Waals surface area contributed by atoms with Gasteiger partial charge in [0, 0.05) is 18.8 Å². The summed E-state index contributed by atoms with van der Waals surface area (Å²) in [5.41, 5.74) is 1.07. The molecule has 0 amide bonds. The highest BCUT2D eigenvalue weighted by molar-refractivity contribution is 7.89. The molecule has 114 valence electrons. The number of nitrogens with one attached hydrogen (secondary N) is 2. The van der Waals surface area contributed by atoms with Gasteiger partial charge in [0.25, 0.3) is 0 Å². The molecule has 7 heteroatoms. The zero-order chi connectivity index (χ0) is 15.3. The van der Waals surface area contributed by atoms with Gasteiger partial charge in [0.2, 0.25) is 10.0 Å². The van der Waals surface area contributed by atoms with Gasteiger partial charge in [0.05, 0.1) is 12.7 Å². The van der Waals surface area contributed by atoms with Gasteiger partial charge in [-0.05, 0) is 19.5 Å². The van der Waals surface area contributed by atoms with Crippen molar-refractivity contribution < 1.29 is 8.42 Å². The van der Waals surface area contributed by atoms with E-state index >= 15 is 0 Å². The molecule has 1 atom stereocenters. The zero-order valence-electron chi connectivity index (χ0n) is 12.2. The molecule has 2 rings (SSSR count). The molecule has 0 aliphatic heterocycles. The summed E-state index contributed by atoms with van der Waals surface area (Å²) in [6, 6.07) is 9.84. The van der Waals surface area contributed by atoms with Gasteiger partial charge in [0.15, 0.2) is 0 Å². The molecule has 0 spiro atoms. The van der Waals surface area contributed by atoms with Gasteiger partial charge in [-0.2, -0.15) is 5.10 Å². The summed E-state index contributed by atoms with van der Waals surface area (Å²) < 4.78 is 28.4. The summed E-state index contributed by atoms with van der Waals surface area (Å²) in [5, 5.41) is 7.09. The van der Waals surface area contributed by atoms with Crippen molar-refractivity contribution >= 4 is 10.0 Å². The fourth-order valence-corrected chi connectivity index (χ4v) is 2.84. The average Bonchev–Trinajstić information content (AvgIpc) is 2.95. The number of likely N-dealkylation sites (N-methyl/N-ethyl adjacent to an activating group) is 1. The predicted octanol–water partition coefficient (Wildman–Crippen LogP) is 0.818. The highest BCUT2D eigenvalue weighted by atomic mass is 32.2. The van der Waals surface area contributed by atoms with Gasteiger partial charge in [-0.15, -0.1) is 0 Å². The van der Waals surface area contributed by atoms with Crippen LogP contribution in [0.25, 0.3) is 0 Å². The molecule has 2 aromatic rings. The number of hydrogen-bond donors (Lipinski definition) is 2. The van der Waals surface area contributed by atoms with Crippen LogP contribution in [0.15, 0.2) is 47.6 Å².